The molecule has 0 aliphatic rings. The molecule has 0 N–H and O–H groups in total. The molecule has 0 aliphatic heterocycles. The van der Waals surface area contributed by atoms with Gasteiger partial charge in [-0.15, -0.1) is 0 Å². The Morgan fingerprint density at radius 3 is 2.92 bits per heavy atom. The second-order valence-electron chi connectivity index (χ2n) is 2.35. The van der Waals surface area contributed by atoms with Crippen molar-refractivity contribution >= 4 is 6.29 Å². The van der Waals surface area contributed by atoms with Crippen molar-refractivity contribution in [1.29, 1.82) is 0 Å². The quantitative estimate of drug-likeness (QED) is 0.419. The summed E-state index contributed by atoms with van der Waals surface area (Å²) in [6.07, 6.45) is 0.490. The summed E-state index contributed by atoms with van der Waals surface area (Å²) in [7, 11) is 0. The van der Waals surface area contributed by atoms with Crippen LogP contribution >= 0.6 is 0 Å². The topological polar surface area (TPSA) is 17.1 Å². The number of hydrogen-bond acceptors (Lipinski definition) is 1. The van der Waals surface area contributed by atoms with E-state index in [4.69, 9.17) is 0 Å². The number of aldehydes is 1. The summed E-state index contributed by atoms with van der Waals surface area (Å²) in [5, 5.41) is 0. The molecule has 0 fully saturated rings. The SMILES string of the molecule is Cc1ccc(F)cc1C#CC=O. The molecule has 1 rings (SSSR count). The van der Waals surface area contributed by atoms with Crippen molar-refractivity contribution in [2.45, 2.75) is 6.92 Å². The molecule has 0 saturated heterocycles. The maximum atomic E-state index is 12.6. The fourth-order valence-corrected chi connectivity index (χ4v) is 0.836. The fraction of sp³-hybridized carbons (Fsp3) is 0.100. The van der Waals surface area contributed by atoms with E-state index in [1.54, 1.807) is 6.07 Å². The monoisotopic (exact) mass is 162 g/mol. The van der Waals surface area contributed by atoms with Crippen molar-refractivity contribution in [3.8, 4) is 11.8 Å². The number of carbonyl (C=O) groups is 1. The molecule has 2 heteroatoms. The van der Waals surface area contributed by atoms with Crippen molar-refractivity contribution in [1.82, 2.24) is 0 Å². The molecule has 0 spiro atoms. The number of carbonyl (C=O) groups excluding carboxylic acids is 1. The van der Waals surface area contributed by atoms with Gasteiger partial charge >= 0.3 is 0 Å². The Morgan fingerprint density at radius 2 is 2.25 bits per heavy atom. The van der Waals surface area contributed by atoms with Crippen LogP contribution in [0.15, 0.2) is 18.2 Å². The van der Waals surface area contributed by atoms with E-state index in [2.05, 4.69) is 11.8 Å². The first kappa shape index (κ1) is 8.48. The highest BCUT2D eigenvalue weighted by atomic mass is 19.1. The summed E-state index contributed by atoms with van der Waals surface area (Å²) in [6, 6.07) is 4.30. The van der Waals surface area contributed by atoms with Gasteiger partial charge < -0.3 is 0 Å². The Morgan fingerprint density at radius 1 is 1.50 bits per heavy atom. The van der Waals surface area contributed by atoms with Gasteiger partial charge in [-0.05, 0) is 30.5 Å². The van der Waals surface area contributed by atoms with Crippen LogP contribution in [0.1, 0.15) is 11.1 Å². The second-order valence-corrected chi connectivity index (χ2v) is 2.35. The van der Waals surface area contributed by atoms with Gasteiger partial charge in [0, 0.05) is 5.56 Å². The van der Waals surface area contributed by atoms with E-state index in [1.165, 1.54) is 12.1 Å². The number of halogens is 1. The largest absolute Gasteiger partial charge is 0.289 e. The predicted molar refractivity (Wildman–Crippen MR) is 44.1 cm³/mol. The Bertz CT molecular complexity index is 358. The van der Waals surface area contributed by atoms with Crippen LogP contribution in [0.3, 0.4) is 0 Å². The Labute approximate surface area is 70.2 Å². The highest BCUT2D eigenvalue weighted by molar-refractivity contribution is 5.74. The van der Waals surface area contributed by atoms with Crippen molar-refractivity contribution in [3.63, 3.8) is 0 Å². The van der Waals surface area contributed by atoms with Crippen LogP contribution in [-0.4, -0.2) is 6.29 Å². The Kier molecular flexibility index (Phi) is 2.60. The van der Waals surface area contributed by atoms with Gasteiger partial charge in [-0.25, -0.2) is 4.39 Å². The van der Waals surface area contributed by atoms with Crippen LogP contribution in [0.25, 0.3) is 0 Å². The van der Waals surface area contributed by atoms with Crippen molar-refractivity contribution < 1.29 is 9.18 Å². The van der Waals surface area contributed by atoms with E-state index >= 15 is 0 Å². The number of benzene rings is 1. The Hall–Kier alpha value is -1.62. The van der Waals surface area contributed by atoms with Crippen molar-refractivity contribution in [2.24, 2.45) is 0 Å². The lowest BCUT2D eigenvalue weighted by Gasteiger charge is -1.95. The molecular weight excluding hydrogens is 155 g/mol. The van der Waals surface area contributed by atoms with Gasteiger partial charge in [-0.3, -0.25) is 4.79 Å². The highest BCUT2D eigenvalue weighted by Crippen LogP contribution is 2.07. The van der Waals surface area contributed by atoms with Gasteiger partial charge in [0.15, 0.2) is 6.29 Å². The zero-order chi connectivity index (χ0) is 8.97. The van der Waals surface area contributed by atoms with Gasteiger partial charge in [0.1, 0.15) is 5.82 Å². The van der Waals surface area contributed by atoms with E-state index in [9.17, 15) is 9.18 Å². The van der Waals surface area contributed by atoms with Crippen LogP contribution < -0.4 is 0 Å². The third-order valence-electron chi connectivity index (χ3n) is 1.47. The minimum Gasteiger partial charge on any atom is -0.289 e. The third-order valence-corrected chi connectivity index (χ3v) is 1.47. The molecule has 0 atom stereocenters. The average Bonchev–Trinajstić information content (AvgIpc) is 2.07. The summed E-state index contributed by atoms with van der Waals surface area (Å²) in [6.45, 7) is 1.81. The van der Waals surface area contributed by atoms with E-state index < -0.39 is 0 Å². The molecule has 0 aromatic heterocycles. The first-order chi connectivity index (χ1) is 5.74. The summed E-state index contributed by atoms with van der Waals surface area (Å²) >= 11 is 0. The lowest BCUT2D eigenvalue weighted by molar-refractivity contribution is -0.103. The fourth-order valence-electron chi connectivity index (χ4n) is 0.836. The van der Waals surface area contributed by atoms with Gasteiger partial charge in [0.2, 0.25) is 0 Å². The molecule has 0 heterocycles. The summed E-state index contributed by atoms with van der Waals surface area (Å²) in [5.41, 5.74) is 1.42. The maximum absolute atomic E-state index is 12.6. The van der Waals surface area contributed by atoms with Gasteiger partial charge in [-0.1, -0.05) is 12.0 Å². The number of rotatable bonds is 0. The van der Waals surface area contributed by atoms with Gasteiger partial charge in [0.25, 0.3) is 0 Å². The average molecular weight is 162 g/mol. The molecule has 1 nitrogen and oxygen atoms in total. The molecule has 0 amide bonds. The molecule has 0 radical (unpaired) electrons. The van der Waals surface area contributed by atoms with E-state index in [0.29, 0.717) is 11.8 Å². The van der Waals surface area contributed by atoms with E-state index in [1.807, 2.05) is 6.92 Å². The van der Waals surface area contributed by atoms with Crippen LogP contribution in [0.4, 0.5) is 4.39 Å². The van der Waals surface area contributed by atoms with Crippen LogP contribution in [0.2, 0.25) is 0 Å². The Balaban J connectivity index is 3.13. The number of hydrogen-bond donors (Lipinski definition) is 0. The second kappa shape index (κ2) is 3.68. The molecule has 60 valence electrons. The predicted octanol–water partition coefficient (Wildman–Crippen LogP) is 1.68. The standard InChI is InChI=1S/C10H7FO/c1-8-4-5-10(11)7-9(8)3-2-6-12/h4-7H,1H3. The molecule has 0 saturated carbocycles. The van der Waals surface area contributed by atoms with Crippen molar-refractivity contribution in [3.05, 3.63) is 35.1 Å². The molecule has 1 aromatic rings. The lowest BCUT2D eigenvalue weighted by Crippen LogP contribution is -1.83. The first-order valence-corrected chi connectivity index (χ1v) is 3.45. The highest BCUT2D eigenvalue weighted by Gasteiger charge is 1.95. The summed E-state index contributed by atoms with van der Waals surface area (Å²) in [5.74, 6) is 4.44. The third kappa shape index (κ3) is 1.93. The zero-order valence-corrected chi connectivity index (χ0v) is 6.60. The van der Waals surface area contributed by atoms with Gasteiger partial charge in [-0.2, -0.15) is 0 Å². The smallest absolute Gasteiger partial charge is 0.193 e. The van der Waals surface area contributed by atoms with E-state index in [0.717, 1.165) is 5.56 Å². The number of aryl methyl sites for hydroxylation is 1. The van der Waals surface area contributed by atoms with Crippen LogP contribution in [-0.2, 0) is 4.79 Å². The molecule has 1 aromatic carbocycles. The van der Waals surface area contributed by atoms with Crippen LogP contribution in [0.5, 0.6) is 0 Å². The van der Waals surface area contributed by atoms with Gasteiger partial charge in [0.05, 0.1) is 0 Å². The molecule has 0 aliphatic carbocycles. The lowest BCUT2D eigenvalue weighted by atomic mass is 10.1. The summed E-state index contributed by atoms with van der Waals surface area (Å²) in [4.78, 5) is 9.91. The molecule has 0 unspecified atom stereocenters. The summed E-state index contributed by atoms with van der Waals surface area (Å²) < 4.78 is 12.6. The van der Waals surface area contributed by atoms with E-state index in [-0.39, 0.29) is 5.82 Å². The molecule has 12 heavy (non-hydrogen) atoms. The molecule has 0 bridgehead atoms. The minimum atomic E-state index is -0.337. The van der Waals surface area contributed by atoms with Crippen molar-refractivity contribution in [2.75, 3.05) is 0 Å². The minimum absolute atomic E-state index is 0.337. The first-order valence-electron chi connectivity index (χ1n) is 3.45. The zero-order valence-electron chi connectivity index (χ0n) is 6.60. The van der Waals surface area contributed by atoms with Crippen LogP contribution in [0, 0.1) is 24.6 Å². The normalized spacial score (nSPS) is 8.50. The maximum Gasteiger partial charge on any atom is 0.193 e. The molecular formula is C10H7FO.